The Balaban J connectivity index is 1.47. The third-order valence-electron chi connectivity index (χ3n) is 5.62. The molecule has 0 unspecified atom stereocenters. The smallest absolute Gasteiger partial charge is 0.226 e. The van der Waals surface area contributed by atoms with Crippen molar-refractivity contribution in [2.24, 2.45) is 11.1 Å². The number of carbonyl (C=O) groups is 1. The minimum Gasteiger partial charge on any atom is -0.390 e. The van der Waals surface area contributed by atoms with Gasteiger partial charge in [0.2, 0.25) is 5.91 Å². The van der Waals surface area contributed by atoms with Crippen molar-refractivity contribution in [1.82, 2.24) is 4.90 Å². The zero-order chi connectivity index (χ0) is 20.2. The predicted octanol–water partition coefficient (Wildman–Crippen LogP) is 5.19. The molecule has 2 aromatic carbocycles. The van der Waals surface area contributed by atoms with E-state index in [-0.39, 0.29) is 23.7 Å². The first-order valence-electron chi connectivity index (χ1n) is 10.1. The fourth-order valence-electron chi connectivity index (χ4n) is 4.15. The third kappa shape index (κ3) is 4.78. The van der Waals surface area contributed by atoms with Gasteiger partial charge in [0.25, 0.3) is 0 Å². The van der Waals surface area contributed by atoms with Crippen LogP contribution in [0.15, 0.2) is 53.7 Å². The van der Waals surface area contributed by atoms with Crippen LogP contribution in [-0.2, 0) is 16.2 Å². The topological polar surface area (TPSA) is 41.9 Å². The second-order valence-corrected chi connectivity index (χ2v) is 8.19. The van der Waals surface area contributed by atoms with Crippen LogP contribution in [0.5, 0.6) is 0 Å². The number of hydrogen-bond acceptors (Lipinski definition) is 3. The molecule has 1 aliphatic carbocycles. The van der Waals surface area contributed by atoms with Crippen LogP contribution < -0.4 is 0 Å². The average molecular weight is 415 g/mol. The van der Waals surface area contributed by atoms with E-state index in [4.69, 9.17) is 16.4 Å². The molecule has 0 radical (unpaired) electrons. The Morgan fingerprint density at radius 1 is 1.17 bits per heavy atom. The monoisotopic (exact) mass is 414 g/mol. The Morgan fingerprint density at radius 2 is 1.97 bits per heavy atom. The van der Waals surface area contributed by atoms with Gasteiger partial charge in [0.1, 0.15) is 5.82 Å². The molecule has 0 bridgehead atoms. The minimum absolute atomic E-state index is 0.0499. The summed E-state index contributed by atoms with van der Waals surface area (Å²) in [6.07, 6.45) is 4.37. The first-order chi connectivity index (χ1) is 14.1. The van der Waals surface area contributed by atoms with Crippen LogP contribution in [0.2, 0.25) is 5.02 Å². The lowest BCUT2D eigenvalue weighted by atomic mass is 10.0. The molecule has 0 saturated heterocycles. The van der Waals surface area contributed by atoms with Gasteiger partial charge in [-0.15, -0.1) is 0 Å². The van der Waals surface area contributed by atoms with Gasteiger partial charge in [-0.05, 0) is 36.6 Å². The Bertz CT molecular complexity index is 911. The second-order valence-electron chi connectivity index (χ2n) is 7.78. The van der Waals surface area contributed by atoms with Crippen LogP contribution in [0.25, 0.3) is 0 Å². The van der Waals surface area contributed by atoms with E-state index in [9.17, 15) is 9.18 Å². The largest absolute Gasteiger partial charge is 0.390 e. The molecule has 1 heterocycles. The van der Waals surface area contributed by atoms with Gasteiger partial charge in [-0.2, -0.15) is 0 Å². The standard InChI is InChI=1S/C23H24ClFN2O2/c24-21-11-4-3-10-20(21)22-13-19(29-26-22)15-27(23(28)17-7-1-2-8-17)14-16-6-5-9-18(25)12-16/h3-6,9-12,17,19H,1-2,7-8,13-15H2/t19-/m0/s1. The summed E-state index contributed by atoms with van der Waals surface area (Å²) in [6, 6.07) is 13.9. The van der Waals surface area contributed by atoms with Crippen LogP contribution in [0.3, 0.4) is 0 Å². The molecule has 152 valence electrons. The summed E-state index contributed by atoms with van der Waals surface area (Å²) in [7, 11) is 0. The molecular weight excluding hydrogens is 391 g/mol. The number of amides is 1. The third-order valence-corrected chi connectivity index (χ3v) is 5.95. The Kier molecular flexibility index (Phi) is 6.14. The van der Waals surface area contributed by atoms with E-state index in [0.29, 0.717) is 24.5 Å². The first-order valence-corrected chi connectivity index (χ1v) is 10.5. The Labute approximate surface area is 175 Å². The molecule has 4 rings (SSSR count). The molecule has 1 aliphatic heterocycles. The molecule has 1 fully saturated rings. The first kappa shape index (κ1) is 19.9. The van der Waals surface area contributed by atoms with Crippen LogP contribution in [-0.4, -0.2) is 29.2 Å². The highest BCUT2D eigenvalue weighted by Crippen LogP contribution is 2.29. The Hall–Kier alpha value is -2.40. The van der Waals surface area contributed by atoms with Crippen molar-refractivity contribution in [2.45, 2.75) is 44.8 Å². The molecule has 2 aliphatic rings. The Morgan fingerprint density at radius 3 is 2.72 bits per heavy atom. The highest BCUT2D eigenvalue weighted by Gasteiger charge is 2.32. The van der Waals surface area contributed by atoms with Crippen molar-refractivity contribution in [3.05, 3.63) is 70.5 Å². The lowest BCUT2D eigenvalue weighted by Crippen LogP contribution is -2.40. The summed E-state index contributed by atoms with van der Waals surface area (Å²) in [6.45, 7) is 0.789. The maximum absolute atomic E-state index is 13.6. The van der Waals surface area contributed by atoms with E-state index in [1.807, 2.05) is 30.3 Å². The van der Waals surface area contributed by atoms with Gasteiger partial charge in [-0.25, -0.2) is 4.39 Å². The predicted molar refractivity (Wildman–Crippen MR) is 111 cm³/mol. The van der Waals surface area contributed by atoms with E-state index in [1.54, 1.807) is 11.0 Å². The van der Waals surface area contributed by atoms with E-state index >= 15 is 0 Å². The normalized spacial score (nSPS) is 19.1. The molecule has 4 nitrogen and oxygen atoms in total. The summed E-state index contributed by atoms with van der Waals surface area (Å²) in [5, 5.41) is 4.85. The molecule has 0 N–H and O–H groups in total. The summed E-state index contributed by atoms with van der Waals surface area (Å²) >= 11 is 6.28. The van der Waals surface area contributed by atoms with Gasteiger partial charge in [0, 0.05) is 29.5 Å². The summed E-state index contributed by atoms with van der Waals surface area (Å²) < 4.78 is 13.6. The van der Waals surface area contributed by atoms with Crippen LogP contribution >= 0.6 is 11.6 Å². The van der Waals surface area contributed by atoms with E-state index in [1.165, 1.54) is 12.1 Å². The summed E-state index contributed by atoms with van der Waals surface area (Å²) in [4.78, 5) is 20.6. The molecule has 2 aromatic rings. The molecule has 0 spiro atoms. The quantitative estimate of drug-likeness (QED) is 0.652. The van der Waals surface area contributed by atoms with Gasteiger partial charge in [-0.1, -0.05) is 59.9 Å². The molecule has 6 heteroatoms. The molecular formula is C23H24ClFN2O2. The lowest BCUT2D eigenvalue weighted by Gasteiger charge is -2.27. The number of carbonyl (C=O) groups excluding carboxylic acids is 1. The highest BCUT2D eigenvalue weighted by molar-refractivity contribution is 6.34. The number of benzene rings is 2. The van der Waals surface area contributed by atoms with Crippen molar-refractivity contribution in [3.8, 4) is 0 Å². The van der Waals surface area contributed by atoms with Gasteiger partial charge in [0.15, 0.2) is 6.10 Å². The average Bonchev–Trinajstić information content (AvgIpc) is 3.40. The van der Waals surface area contributed by atoms with E-state index in [2.05, 4.69) is 5.16 Å². The number of hydrogen-bond donors (Lipinski definition) is 0. The summed E-state index contributed by atoms with van der Waals surface area (Å²) in [5.74, 6) is -0.118. The molecule has 1 saturated carbocycles. The summed E-state index contributed by atoms with van der Waals surface area (Å²) in [5.41, 5.74) is 2.43. The van der Waals surface area contributed by atoms with Crippen LogP contribution in [0, 0.1) is 11.7 Å². The highest BCUT2D eigenvalue weighted by atomic mass is 35.5. The van der Waals surface area contributed by atoms with Gasteiger partial charge in [-0.3, -0.25) is 4.79 Å². The fourth-order valence-corrected chi connectivity index (χ4v) is 4.39. The SMILES string of the molecule is O=C(C1CCCC1)N(Cc1cccc(F)c1)C[C@@H]1CC(c2ccccc2Cl)=NO1. The molecule has 0 aromatic heterocycles. The van der Waals surface area contributed by atoms with E-state index < -0.39 is 0 Å². The van der Waals surface area contributed by atoms with Crippen molar-refractivity contribution in [1.29, 1.82) is 0 Å². The molecule has 1 atom stereocenters. The van der Waals surface area contributed by atoms with Crippen molar-refractivity contribution in [3.63, 3.8) is 0 Å². The van der Waals surface area contributed by atoms with Crippen molar-refractivity contribution >= 4 is 23.2 Å². The lowest BCUT2D eigenvalue weighted by molar-refractivity contribution is -0.137. The van der Waals surface area contributed by atoms with E-state index in [0.717, 1.165) is 42.5 Å². The van der Waals surface area contributed by atoms with Crippen LogP contribution in [0.1, 0.15) is 43.2 Å². The number of nitrogens with zero attached hydrogens (tertiary/aromatic N) is 2. The second kappa shape index (κ2) is 8.95. The fraction of sp³-hybridized carbons (Fsp3) is 0.391. The number of halogens is 2. The maximum atomic E-state index is 13.6. The van der Waals surface area contributed by atoms with Crippen molar-refractivity contribution in [2.75, 3.05) is 6.54 Å². The maximum Gasteiger partial charge on any atom is 0.226 e. The van der Waals surface area contributed by atoms with Crippen LogP contribution in [0.4, 0.5) is 4.39 Å². The van der Waals surface area contributed by atoms with Crippen molar-refractivity contribution < 1.29 is 14.0 Å². The van der Waals surface area contributed by atoms with Gasteiger partial charge >= 0.3 is 0 Å². The minimum atomic E-state index is -0.294. The van der Waals surface area contributed by atoms with Gasteiger partial charge in [0.05, 0.1) is 12.3 Å². The zero-order valence-corrected chi connectivity index (χ0v) is 16.9. The number of rotatable bonds is 6. The van der Waals surface area contributed by atoms with Gasteiger partial charge < -0.3 is 9.74 Å². The molecule has 1 amide bonds. The molecule has 29 heavy (non-hydrogen) atoms. The number of oxime groups is 1. The zero-order valence-electron chi connectivity index (χ0n) is 16.2.